The topological polar surface area (TPSA) is 77.1 Å². The number of carbonyl (C=O) groups excluding carboxylic acids is 1. The van der Waals surface area contributed by atoms with Crippen LogP contribution in [-0.2, 0) is 7.05 Å². The van der Waals surface area contributed by atoms with Crippen molar-refractivity contribution in [3.63, 3.8) is 0 Å². The largest absolute Gasteiger partial charge is 0.319 e. The first-order chi connectivity index (χ1) is 10.1. The fourth-order valence-corrected chi connectivity index (χ4v) is 1.94. The molecular weight excluding hydrogens is 282 g/mol. The number of rotatable bonds is 3. The molecule has 3 aromatic heterocycles. The van der Waals surface area contributed by atoms with E-state index >= 15 is 0 Å². The van der Waals surface area contributed by atoms with E-state index in [2.05, 4.69) is 20.5 Å². The van der Waals surface area contributed by atoms with E-state index in [0.29, 0.717) is 5.65 Å². The molecule has 0 aliphatic rings. The lowest BCUT2D eigenvalue weighted by Gasteiger charge is -2.03. The molecule has 3 aromatic rings. The van der Waals surface area contributed by atoms with Crippen LogP contribution in [0.4, 0.5) is 14.5 Å². The van der Waals surface area contributed by atoms with Crippen LogP contribution in [0.1, 0.15) is 22.5 Å². The third-order valence-corrected chi connectivity index (χ3v) is 2.84. The maximum atomic E-state index is 12.8. The number of hydrogen-bond donors (Lipinski definition) is 1. The summed E-state index contributed by atoms with van der Waals surface area (Å²) in [5.74, 6) is -0.571. The second kappa shape index (κ2) is 4.93. The number of aryl methyl sites for hydroxylation is 1. The molecule has 1 N–H and O–H groups in total. The molecular formula is C12H10F2N6O. The Morgan fingerprint density at radius 3 is 3.00 bits per heavy atom. The van der Waals surface area contributed by atoms with Crippen LogP contribution in [0.5, 0.6) is 0 Å². The van der Waals surface area contributed by atoms with E-state index in [1.54, 1.807) is 12.3 Å². The first-order valence-corrected chi connectivity index (χ1v) is 5.97. The lowest BCUT2D eigenvalue weighted by molar-refractivity contribution is 0.102. The van der Waals surface area contributed by atoms with Crippen molar-refractivity contribution in [3.8, 4) is 0 Å². The Morgan fingerprint density at radius 2 is 2.24 bits per heavy atom. The molecule has 0 aliphatic carbocycles. The van der Waals surface area contributed by atoms with Gasteiger partial charge in [-0.3, -0.25) is 9.48 Å². The highest BCUT2D eigenvalue weighted by Crippen LogP contribution is 2.25. The van der Waals surface area contributed by atoms with Crippen LogP contribution in [0.3, 0.4) is 0 Å². The standard InChI is InChI=1S/C12H10F2N6O/c1-19-6-8(9(18-19)10(13)14)17-12(21)7-5-16-20-4-2-3-15-11(7)20/h2-6,10H,1H3,(H,17,21). The van der Waals surface area contributed by atoms with Crippen molar-refractivity contribution in [3.05, 3.63) is 42.1 Å². The van der Waals surface area contributed by atoms with Crippen molar-refractivity contribution in [2.45, 2.75) is 6.43 Å². The summed E-state index contributed by atoms with van der Waals surface area (Å²) >= 11 is 0. The fourth-order valence-electron chi connectivity index (χ4n) is 1.94. The first kappa shape index (κ1) is 13.2. The van der Waals surface area contributed by atoms with E-state index in [1.165, 1.54) is 34.8 Å². The van der Waals surface area contributed by atoms with Gasteiger partial charge in [0.2, 0.25) is 0 Å². The van der Waals surface area contributed by atoms with Gasteiger partial charge in [0.1, 0.15) is 5.56 Å². The van der Waals surface area contributed by atoms with Crippen LogP contribution < -0.4 is 5.32 Å². The number of alkyl halides is 2. The molecule has 0 radical (unpaired) electrons. The minimum Gasteiger partial charge on any atom is -0.319 e. The van der Waals surface area contributed by atoms with Crippen molar-refractivity contribution in [2.24, 2.45) is 7.05 Å². The number of nitrogens with zero attached hydrogens (tertiary/aromatic N) is 5. The zero-order chi connectivity index (χ0) is 15.0. The Bertz CT molecular complexity index is 809. The Kier molecular flexibility index (Phi) is 3.09. The average molecular weight is 292 g/mol. The number of carbonyl (C=O) groups is 1. The number of hydrogen-bond acceptors (Lipinski definition) is 4. The molecule has 3 heterocycles. The molecule has 21 heavy (non-hydrogen) atoms. The van der Waals surface area contributed by atoms with Crippen LogP contribution in [0.25, 0.3) is 5.65 Å². The van der Waals surface area contributed by atoms with Crippen molar-refractivity contribution in [2.75, 3.05) is 5.32 Å². The lowest BCUT2D eigenvalue weighted by Crippen LogP contribution is -2.13. The van der Waals surface area contributed by atoms with Gasteiger partial charge in [-0.05, 0) is 6.07 Å². The number of amides is 1. The summed E-state index contributed by atoms with van der Waals surface area (Å²) in [4.78, 5) is 16.2. The monoisotopic (exact) mass is 292 g/mol. The quantitative estimate of drug-likeness (QED) is 0.796. The van der Waals surface area contributed by atoms with E-state index < -0.39 is 18.0 Å². The summed E-state index contributed by atoms with van der Waals surface area (Å²) in [6.45, 7) is 0. The minimum absolute atomic E-state index is 0.0345. The second-order valence-electron chi connectivity index (χ2n) is 4.30. The van der Waals surface area contributed by atoms with Gasteiger partial charge in [-0.2, -0.15) is 10.2 Å². The molecule has 0 saturated carbocycles. The molecule has 7 nitrogen and oxygen atoms in total. The summed E-state index contributed by atoms with van der Waals surface area (Å²) in [7, 11) is 1.50. The molecule has 108 valence electrons. The maximum absolute atomic E-state index is 12.8. The average Bonchev–Trinajstić information content (AvgIpc) is 3.02. The number of aromatic nitrogens is 5. The molecule has 0 aliphatic heterocycles. The Labute approximate surface area is 117 Å². The third kappa shape index (κ3) is 2.33. The van der Waals surface area contributed by atoms with Crippen molar-refractivity contribution < 1.29 is 13.6 Å². The molecule has 0 bridgehead atoms. The number of fused-ring (bicyclic) bond motifs is 1. The molecule has 0 unspecified atom stereocenters. The first-order valence-electron chi connectivity index (χ1n) is 5.97. The van der Waals surface area contributed by atoms with E-state index in [4.69, 9.17) is 0 Å². The predicted molar refractivity (Wildman–Crippen MR) is 69.1 cm³/mol. The van der Waals surface area contributed by atoms with Gasteiger partial charge in [-0.15, -0.1) is 0 Å². The van der Waals surface area contributed by atoms with E-state index in [1.807, 2.05) is 0 Å². The number of nitrogens with one attached hydrogen (secondary N) is 1. The molecule has 9 heteroatoms. The molecule has 1 amide bonds. The van der Waals surface area contributed by atoms with Crippen LogP contribution >= 0.6 is 0 Å². The van der Waals surface area contributed by atoms with Gasteiger partial charge in [-0.1, -0.05) is 0 Å². The van der Waals surface area contributed by atoms with Gasteiger partial charge in [0.05, 0.1) is 11.9 Å². The number of anilines is 1. The zero-order valence-corrected chi connectivity index (χ0v) is 10.9. The van der Waals surface area contributed by atoms with Gasteiger partial charge in [0.25, 0.3) is 12.3 Å². The summed E-state index contributed by atoms with van der Waals surface area (Å²) in [6.07, 6.45) is 3.02. The summed E-state index contributed by atoms with van der Waals surface area (Å²) in [5, 5.41) is 10.0. The smallest absolute Gasteiger partial charge is 0.284 e. The van der Waals surface area contributed by atoms with Crippen LogP contribution in [0.2, 0.25) is 0 Å². The van der Waals surface area contributed by atoms with Crippen LogP contribution in [0.15, 0.2) is 30.9 Å². The van der Waals surface area contributed by atoms with Gasteiger partial charge in [-0.25, -0.2) is 18.3 Å². The van der Waals surface area contributed by atoms with E-state index in [-0.39, 0.29) is 11.3 Å². The van der Waals surface area contributed by atoms with Crippen LogP contribution in [-0.4, -0.2) is 30.3 Å². The SMILES string of the molecule is Cn1cc(NC(=O)c2cnn3cccnc23)c(C(F)F)n1. The molecule has 3 rings (SSSR count). The maximum Gasteiger partial charge on any atom is 0.284 e. The third-order valence-electron chi connectivity index (χ3n) is 2.84. The zero-order valence-electron chi connectivity index (χ0n) is 10.9. The summed E-state index contributed by atoms with van der Waals surface area (Å²) in [5.41, 5.74) is 0.0280. The molecule has 0 atom stereocenters. The van der Waals surface area contributed by atoms with E-state index in [9.17, 15) is 13.6 Å². The molecule has 0 saturated heterocycles. The van der Waals surface area contributed by atoms with Crippen LogP contribution in [0, 0.1) is 0 Å². The Hall–Kier alpha value is -2.84. The van der Waals surface area contributed by atoms with E-state index in [0.717, 1.165) is 0 Å². The number of halogens is 2. The van der Waals surface area contributed by atoms with Gasteiger partial charge < -0.3 is 5.32 Å². The Morgan fingerprint density at radius 1 is 1.43 bits per heavy atom. The predicted octanol–water partition coefficient (Wildman–Crippen LogP) is 1.65. The second-order valence-corrected chi connectivity index (χ2v) is 4.30. The highest BCUT2D eigenvalue weighted by Gasteiger charge is 2.21. The van der Waals surface area contributed by atoms with Gasteiger partial charge in [0.15, 0.2) is 11.3 Å². The highest BCUT2D eigenvalue weighted by atomic mass is 19.3. The summed E-state index contributed by atoms with van der Waals surface area (Å²) < 4.78 is 28.3. The normalized spacial score (nSPS) is 11.2. The fraction of sp³-hybridized carbons (Fsp3) is 0.167. The molecule has 0 aromatic carbocycles. The van der Waals surface area contributed by atoms with Crippen molar-refractivity contribution >= 4 is 17.2 Å². The highest BCUT2D eigenvalue weighted by molar-refractivity contribution is 6.08. The van der Waals surface area contributed by atoms with Gasteiger partial charge in [0, 0.05) is 25.6 Å². The van der Waals surface area contributed by atoms with Crippen molar-refractivity contribution in [1.82, 2.24) is 24.4 Å². The summed E-state index contributed by atoms with van der Waals surface area (Å²) in [6, 6.07) is 1.66. The molecule has 0 fully saturated rings. The lowest BCUT2D eigenvalue weighted by atomic mass is 10.3. The van der Waals surface area contributed by atoms with Gasteiger partial charge >= 0.3 is 0 Å². The minimum atomic E-state index is -2.77. The Balaban J connectivity index is 1.93. The molecule has 0 spiro atoms. The van der Waals surface area contributed by atoms with Crippen molar-refractivity contribution in [1.29, 1.82) is 0 Å².